The summed E-state index contributed by atoms with van der Waals surface area (Å²) in [5.41, 5.74) is 0.857. The van der Waals surface area contributed by atoms with Crippen molar-refractivity contribution in [1.82, 2.24) is 19.3 Å². The van der Waals surface area contributed by atoms with Gasteiger partial charge < -0.3 is 4.90 Å². The van der Waals surface area contributed by atoms with Crippen LogP contribution in [0.1, 0.15) is 18.7 Å². The van der Waals surface area contributed by atoms with E-state index >= 15 is 0 Å². The number of hydrogen-bond donors (Lipinski definition) is 0. The van der Waals surface area contributed by atoms with Crippen LogP contribution in [0.5, 0.6) is 0 Å². The van der Waals surface area contributed by atoms with Crippen molar-refractivity contribution >= 4 is 33.0 Å². The number of rotatable bonds is 3. The van der Waals surface area contributed by atoms with Crippen molar-refractivity contribution in [2.75, 3.05) is 19.6 Å². The molecule has 1 saturated heterocycles. The van der Waals surface area contributed by atoms with E-state index in [1.54, 1.807) is 6.20 Å². The third-order valence-corrected chi connectivity index (χ3v) is 4.22. The minimum Gasteiger partial charge on any atom is -0.303 e. The van der Waals surface area contributed by atoms with Gasteiger partial charge in [0.05, 0.1) is 0 Å². The summed E-state index contributed by atoms with van der Waals surface area (Å²) in [6.07, 6.45) is 7.21. The fourth-order valence-electron chi connectivity index (χ4n) is 2.46. The molecule has 0 aromatic carbocycles. The first-order chi connectivity index (χ1) is 8.75. The van der Waals surface area contributed by atoms with Crippen LogP contribution in [0.2, 0.25) is 5.15 Å². The zero-order valence-electron chi connectivity index (χ0n) is 9.94. The van der Waals surface area contributed by atoms with E-state index in [4.69, 9.17) is 11.6 Å². The highest BCUT2D eigenvalue weighted by molar-refractivity contribution is 9.10. The highest BCUT2D eigenvalue weighted by atomic mass is 79.9. The molecule has 3 heterocycles. The number of aromatic nitrogens is 3. The SMILES string of the molecule is Clc1nccn2c(CCN3CCCC3)nc(Br)c12. The van der Waals surface area contributed by atoms with Crippen molar-refractivity contribution in [1.29, 1.82) is 0 Å². The van der Waals surface area contributed by atoms with Gasteiger partial charge >= 0.3 is 0 Å². The molecule has 1 aliphatic rings. The van der Waals surface area contributed by atoms with E-state index in [-0.39, 0.29) is 0 Å². The van der Waals surface area contributed by atoms with Crippen molar-refractivity contribution < 1.29 is 0 Å². The molecule has 0 atom stereocenters. The Balaban J connectivity index is 1.85. The Bertz CT molecular complexity index is 562. The second kappa shape index (κ2) is 5.15. The molecule has 0 amide bonds. The van der Waals surface area contributed by atoms with Crippen molar-refractivity contribution in [3.63, 3.8) is 0 Å². The third kappa shape index (κ3) is 2.27. The van der Waals surface area contributed by atoms with Gasteiger partial charge in [0, 0.05) is 25.4 Å². The summed E-state index contributed by atoms with van der Waals surface area (Å²) in [4.78, 5) is 11.1. The Labute approximate surface area is 119 Å². The average molecular weight is 330 g/mol. The Morgan fingerprint density at radius 3 is 2.89 bits per heavy atom. The highest BCUT2D eigenvalue weighted by Crippen LogP contribution is 2.24. The Morgan fingerprint density at radius 2 is 2.11 bits per heavy atom. The second-order valence-electron chi connectivity index (χ2n) is 4.55. The highest BCUT2D eigenvalue weighted by Gasteiger charge is 2.15. The first kappa shape index (κ1) is 12.4. The maximum atomic E-state index is 6.09. The van der Waals surface area contributed by atoms with Gasteiger partial charge in [-0.3, -0.25) is 4.40 Å². The van der Waals surface area contributed by atoms with Crippen LogP contribution in [0, 0.1) is 0 Å². The summed E-state index contributed by atoms with van der Waals surface area (Å²) in [7, 11) is 0. The standard InChI is InChI=1S/C12H14BrClN4/c13-11-10-12(14)15-4-8-18(10)9(16-11)3-7-17-5-1-2-6-17/h4,8H,1-3,5-7H2. The van der Waals surface area contributed by atoms with E-state index < -0.39 is 0 Å². The number of fused-ring (bicyclic) bond motifs is 1. The van der Waals surface area contributed by atoms with Crippen molar-refractivity contribution in [2.24, 2.45) is 0 Å². The smallest absolute Gasteiger partial charge is 0.155 e. The molecule has 0 saturated carbocycles. The van der Waals surface area contributed by atoms with Crippen LogP contribution in [0.4, 0.5) is 0 Å². The van der Waals surface area contributed by atoms with E-state index in [1.165, 1.54) is 25.9 Å². The van der Waals surface area contributed by atoms with Crippen LogP contribution in [0.3, 0.4) is 0 Å². The van der Waals surface area contributed by atoms with Crippen molar-refractivity contribution in [2.45, 2.75) is 19.3 Å². The molecular weight excluding hydrogens is 316 g/mol. The van der Waals surface area contributed by atoms with Gasteiger partial charge in [-0.2, -0.15) is 0 Å². The molecular formula is C12H14BrClN4. The molecule has 96 valence electrons. The van der Waals surface area contributed by atoms with Crippen molar-refractivity contribution in [3.05, 3.63) is 28.0 Å². The lowest BCUT2D eigenvalue weighted by molar-refractivity contribution is 0.340. The molecule has 0 unspecified atom stereocenters. The van der Waals surface area contributed by atoms with Crippen LogP contribution in [-0.4, -0.2) is 38.9 Å². The lowest BCUT2D eigenvalue weighted by Crippen LogP contribution is -2.22. The molecule has 6 heteroatoms. The minimum absolute atomic E-state index is 0.490. The van der Waals surface area contributed by atoms with Gasteiger partial charge in [-0.15, -0.1) is 0 Å². The van der Waals surface area contributed by atoms with Gasteiger partial charge in [0.2, 0.25) is 0 Å². The molecule has 4 nitrogen and oxygen atoms in total. The van der Waals surface area contributed by atoms with Gasteiger partial charge in [-0.1, -0.05) is 11.6 Å². The Kier molecular flexibility index (Phi) is 3.54. The van der Waals surface area contributed by atoms with Gasteiger partial charge in [0.15, 0.2) is 5.15 Å². The zero-order valence-corrected chi connectivity index (χ0v) is 12.3. The van der Waals surface area contributed by atoms with E-state index in [0.717, 1.165) is 28.9 Å². The number of imidazole rings is 1. The topological polar surface area (TPSA) is 33.4 Å². The second-order valence-corrected chi connectivity index (χ2v) is 5.66. The molecule has 0 N–H and O–H groups in total. The Morgan fingerprint density at radius 1 is 1.33 bits per heavy atom. The van der Waals surface area contributed by atoms with Crippen LogP contribution < -0.4 is 0 Å². The first-order valence-corrected chi connectivity index (χ1v) is 7.32. The van der Waals surface area contributed by atoms with Crippen LogP contribution in [-0.2, 0) is 6.42 Å². The summed E-state index contributed by atoms with van der Waals surface area (Å²) < 4.78 is 2.80. The summed E-state index contributed by atoms with van der Waals surface area (Å²) in [5.74, 6) is 1.04. The van der Waals surface area contributed by atoms with Crippen LogP contribution in [0.25, 0.3) is 5.52 Å². The number of hydrogen-bond acceptors (Lipinski definition) is 3. The quantitative estimate of drug-likeness (QED) is 0.868. The lowest BCUT2D eigenvalue weighted by atomic mass is 10.3. The molecule has 0 radical (unpaired) electrons. The minimum atomic E-state index is 0.490. The Hall–Kier alpha value is -0.650. The summed E-state index contributed by atoms with van der Waals surface area (Å²) in [5, 5.41) is 0.490. The maximum Gasteiger partial charge on any atom is 0.155 e. The van der Waals surface area contributed by atoms with E-state index in [2.05, 4.69) is 30.8 Å². The fourth-order valence-corrected chi connectivity index (χ4v) is 3.40. The van der Waals surface area contributed by atoms with Gasteiger partial charge in [-0.25, -0.2) is 9.97 Å². The van der Waals surface area contributed by atoms with Gasteiger partial charge in [-0.05, 0) is 41.9 Å². The number of likely N-dealkylation sites (tertiary alicyclic amines) is 1. The average Bonchev–Trinajstić information content (AvgIpc) is 2.96. The fraction of sp³-hybridized carbons (Fsp3) is 0.500. The number of nitrogens with zero attached hydrogens (tertiary/aromatic N) is 4. The van der Waals surface area contributed by atoms with E-state index in [0.29, 0.717) is 5.15 Å². The third-order valence-electron chi connectivity index (χ3n) is 3.39. The van der Waals surface area contributed by atoms with E-state index in [1.807, 2.05) is 10.6 Å². The maximum absolute atomic E-state index is 6.09. The summed E-state index contributed by atoms with van der Waals surface area (Å²) in [6, 6.07) is 0. The van der Waals surface area contributed by atoms with Gasteiger partial charge in [0.1, 0.15) is 15.9 Å². The van der Waals surface area contributed by atoms with Gasteiger partial charge in [0.25, 0.3) is 0 Å². The first-order valence-electron chi connectivity index (χ1n) is 6.15. The summed E-state index contributed by atoms with van der Waals surface area (Å²) >= 11 is 9.54. The molecule has 0 spiro atoms. The van der Waals surface area contributed by atoms with Crippen LogP contribution in [0.15, 0.2) is 17.0 Å². The van der Waals surface area contributed by atoms with Crippen molar-refractivity contribution in [3.8, 4) is 0 Å². The lowest BCUT2D eigenvalue weighted by Gasteiger charge is -2.13. The molecule has 0 aliphatic carbocycles. The molecule has 0 bridgehead atoms. The predicted octanol–water partition coefficient (Wildman–Crippen LogP) is 2.78. The largest absolute Gasteiger partial charge is 0.303 e. The zero-order chi connectivity index (χ0) is 12.5. The van der Waals surface area contributed by atoms with E-state index in [9.17, 15) is 0 Å². The molecule has 3 rings (SSSR count). The molecule has 2 aromatic heterocycles. The number of halogens is 2. The molecule has 2 aromatic rings. The molecule has 1 aliphatic heterocycles. The summed E-state index contributed by atoms with van der Waals surface area (Å²) in [6.45, 7) is 3.49. The predicted molar refractivity (Wildman–Crippen MR) is 75.1 cm³/mol. The molecule has 18 heavy (non-hydrogen) atoms. The monoisotopic (exact) mass is 328 g/mol. The van der Waals surface area contributed by atoms with Crippen LogP contribution >= 0.6 is 27.5 Å². The molecule has 1 fully saturated rings. The normalized spacial score (nSPS) is 16.8.